The van der Waals surface area contributed by atoms with Crippen LogP contribution in [-0.2, 0) is 9.59 Å². The highest BCUT2D eigenvalue weighted by molar-refractivity contribution is 7.80. The molecule has 0 aromatic heterocycles. The standard InChI is InChI=1S/C21H22N4O3S/c1-28-18-9-5-4-8-17(18)23-10-12-24(13-11-23)19(26)14-25-20(27)15-6-2-3-7-16(15)22-21(25)29/h2-9,15H,10-14H2,1H3. The summed E-state index contributed by atoms with van der Waals surface area (Å²) in [5, 5.41) is 0.155. The van der Waals surface area contributed by atoms with Crippen LogP contribution >= 0.6 is 12.2 Å². The van der Waals surface area contributed by atoms with Crippen molar-refractivity contribution >= 4 is 40.5 Å². The minimum Gasteiger partial charge on any atom is -0.495 e. The summed E-state index contributed by atoms with van der Waals surface area (Å²) in [5.41, 5.74) is 1.66. The molecule has 8 heteroatoms. The first-order valence-electron chi connectivity index (χ1n) is 9.53. The molecule has 0 spiro atoms. The van der Waals surface area contributed by atoms with E-state index in [-0.39, 0.29) is 23.5 Å². The number of thiocarbonyl (C=S) groups is 1. The summed E-state index contributed by atoms with van der Waals surface area (Å²) in [6.07, 6.45) is 7.21. The number of hydrogen-bond donors (Lipinski definition) is 0. The van der Waals surface area contributed by atoms with Gasteiger partial charge >= 0.3 is 0 Å². The molecular formula is C21H22N4O3S. The molecule has 1 aliphatic carbocycles. The van der Waals surface area contributed by atoms with Crippen LogP contribution in [-0.4, -0.2) is 72.3 Å². The third-order valence-electron chi connectivity index (χ3n) is 5.34. The molecule has 1 atom stereocenters. The number of hydrogen-bond acceptors (Lipinski definition) is 5. The van der Waals surface area contributed by atoms with Crippen molar-refractivity contribution < 1.29 is 14.3 Å². The summed E-state index contributed by atoms with van der Waals surface area (Å²) in [6.45, 7) is 2.47. The smallest absolute Gasteiger partial charge is 0.242 e. The molecule has 2 amide bonds. The quantitative estimate of drug-likeness (QED) is 0.707. The van der Waals surface area contributed by atoms with Gasteiger partial charge in [-0.15, -0.1) is 0 Å². The second kappa shape index (κ2) is 8.16. The maximum atomic E-state index is 12.8. The number of carbonyl (C=O) groups is 2. The van der Waals surface area contributed by atoms with Gasteiger partial charge in [0.15, 0.2) is 0 Å². The van der Waals surface area contributed by atoms with Crippen LogP contribution in [0.5, 0.6) is 5.75 Å². The Morgan fingerprint density at radius 3 is 2.72 bits per heavy atom. The van der Waals surface area contributed by atoms with Gasteiger partial charge in [0, 0.05) is 26.2 Å². The number of rotatable bonds is 4. The summed E-state index contributed by atoms with van der Waals surface area (Å²) >= 11 is 5.27. The number of nitrogens with zero attached hydrogens (tertiary/aromatic N) is 4. The summed E-state index contributed by atoms with van der Waals surface area (Å²) in [6, 6.07) is 7.86. The lowest BCUT2D eigenvalue weighted by Gasteiger charge is -2.38. The molecule has 1 unspecified atom stereocenters. The SMILES string of the molecule is COc1ccccc1N1CCN(C(=O)CN2C(=O)C3C=CC=CC3=NC2=S)CC1. The number of fused-ring (bicyclic) bond motifs is 1. The normalized spacial score (nSPS) is 21.2. The molecule has 150 valence electrons. The predicted octanol–water partition coefficient (Wildman–Crippen LogP) is 1.65. The van der Waals surface area contributed by atoms with Crippen LogP contribution < -0.4 is 9.64 Å². The zero-order valence-corrected chi connectivity index (χ0v) is 17.0. The van der Waals surface area contributed by atoms with E-state index in [0.29, 0.717) is 31.9 Å². The number of piperazine rings is 1. The van der Waals surface area contributed by atoms with Crippen molar-refractivity contribution in [3.63, 3.8) is 0 Å². The van der Waals surface area contributed by atoms with Crippen LogP contribution in [0.15, 0.2) is 53.6 Å². The van der Waals surface area contributed by atoms with Gasteiger partial charge < -0.3 is 14.5 Å². The second-order valence-corrected chi connectivity index (χ2v) is 7.37. The second-order valence-electron chi connectivity index (χ2n) is 7.00. The summed E-state index contributed by atoms with van der Waals surface area (Å²) < 4.78 is 5.44. The number of methoxy groups -OCH3 is 1. The van der Waals surface area contributed by atoms with Gasteiger partial charge in [-0.3, -0.25) is 14.5 Å². The Hall–Kier alpha value is -3.00. The molecule has 3 aliphatic rings. The Kier molecular flexibility index (Phi) is 5.44. The Morgan fingerprint density at radius 1 is 1.21 bits per heavy atom. The topological polar surface area (TPSA) is 65.5 Å². The monoisotopic (exact) mass is 410 g/mol. The first-order valence-corrected chi connectivity index (χ1v) is 9.94. The highest BCUT2D eigenvalue weighted by Crippen LogP contribution is 2.28. The number of amides is 2. The fourth-order valence-electron chi connectivity index (χ4n) is 3.75. The summed E-state index contributed by atoms with van der Waals surface area (Å²) in [7, 11) is 1.66. The molecule has 0 N–H and O–H groups in total. The van der Waals surface area contributed by atoms with E-state index in [0.717, 1.165) is 11.4 Å². The van der Waals surface area contributed by atoms with Crippen LogP contribution in [0.3, 0.4) is 0 Å². The van der Waals surface area contributed by atoms with Crippen molar-refractivity contribution in [2.75, 3.05) is 44.7 Å². The average Bonchev–Trinajstić information content (AvgIpc) is 2.76. The molecular weight excluding hydrogens is 388 g/mol. The maximum absolute atomic E-state index is 12.8. The minimum absolute atomic E-state index is 0.0723. The van der Waals surface area contributed by atoms with E-state index in [1.807, 2.05) is 36.4 Å². The zero-order valence-electron chi connectivity index (χ0n) is 16.2. The molecule has 2 heterocycles. The molecule has 1 aromatic carbocycles. The van der Waals surface area contributed by atoms with E-state index in [1.54, 1.807) is 24.2 Å². The van der Waals surface area contributed by atoms with Gasteiger partial charge in [-0.05, 0) is 30.4 Å². The minimum atomic E-state index is -0.457. The van der Waals surface area contributed by atoms with Gasteiger partial charge in [0.1, 0.15) is 12.3 Å². The van der Waals surface area contributed by atoms with Crippen LogP contribution in [0.1, 0.15) is 0 Å². The molecule has 0 radical (unpaired) electrons. The molecule has 0 saturated carbocycles. The lowest BCUT2D eigenvalue weighted by atomic mass is 9.95. The van der Waals surface area contributed by atoms with Crippen LogP contribution in [0.2, 0.25) is 0 Å². The van der Waals surface area contributed by atoms with Crippen molar-refractivity contribution in [1.29, 1.82) is 0 Å². The number of anilines is 1. The van der Waals surface area contributed by atoms with E-state index in [9.17, 15) is 9.59 Å². The van der Waals surface area contributed by atoms with Crippen molar-refractivity contribution in [3.05, 3.63) is 48.6 Å². The van der Waals surface area contributed by atoms with Gasteiger partial charge in [0.05, 0.1) is 24.4 Å². The number of ether oxygens (including phenoxy) is 1. The largest absolute Gasteiger partial charge is 0.495 e. The van der Waals surface area contributed by atoms with Crippen LogP contribution in [0, 0.1) is 5.92 Å². The maximum Gasteiger partial charge on any atom is 0.242 e. The van der Waals surface area contributed by atoms with E-state index in [4.69, 9.17) is 17.0 Å². The lowest BCUT2D eigenvalue weighted by Crippen LogP contribution is -2.54. The van der Waals surface area contributed by atoms with Crippen LogP contribution in [0.4, 0.5) is 5.69 Å². The first kappa shape index (κ1) is 19.3. The average molecular weight is 410 g/mol. The van der Waals surface area contributed by atoms with E-state index >= 15 is 0 Å². The van der Waals surface area contributed by atoms with Crippen molar-refractivity contribution in [3.8, 4) is 5.75 Å². The first-order chi connectivity index (χ1) is 14.1. The third kappa shape index (κ3) is 3.80. The van der Waals surface area contributed by atoms with E-state index in [2.05, 4.69) is 9.89 Å². The van der Waals surface area contributed by atoms with Gasteiger partial charge in [0.25, 0.3) is 0 Å². The Morgan fingerprint density at radius 2 is 1.97 bits per heavy atom. The van der Waals surface area contributed by atoms with Gasteiger partial charge in [-0.2, -0.15) is 0 Å². The molecule has 29 heavy (non-hydrogen) atoms. The fourth-order valence-corrected chi connectivity index (χ4v) is 4.01. The molecule has 7 nitrogen and oxygen atoms in total. The Bertz CT molecular complexity index is 932. The molecule has 1 saturated heterocycles. The fraction of sp³-hybridized carbons (Fsp3) is 0.333. The number of benzene rings is 1. The molecule has 0 bridgehead atoms. The third-order valence-corrected chi connectivity index (χ3v) is 5.65. The number of carbonyl (C=O) groups excluding carboxylic acids is 2. The van der Waals surface area contributed by atoms with Gasteiger partial charge in [0.2, 0.25) is 16.9 Å². The molecule has 4 rings (SSSR count). The molecule has 1 aromatic rings. The number of aliphatic imine (C=N–C) groups is 1. The Balaban J connectivity index is 1.38. The summed E-state index contributed by atoms with van der Waals surface area (Å²) in [4.78, 5) is 35.2. The van der Waals surface area contributed by atoms with Gasteiger partial charge in [-0.25, -0.2) is 4.99 Å². The summed E-state index contributed by atoms with van der Waals surface area (Å²) in [5.74, 6) is 0.0534. The molecule has 1 fully saturated rings. The lowest BCUT2D eigenvalue weighted by molar-refractivity contribution is -0.138. The van der Waals surface area contributed by atoms with Crippen molar-refractivity contribution in [2.24, 2.45) is 10.9 Å². The molecule has 2 aliphatic heterocycles. The van der Waals surface area contributed by atoms with Crippen molar-refractivity contribution in [1.82, 2.24) is 9.80 Å². The van der Waals surface area contributed by atoms with Crippen molar-refractivity contribution in [2.45, 2.75) is 0 Å². The number of allylic oxidation sites excluding steroid dienone is 3. The predicted molar refractivity (Wildman–Crippen MR) is 115 cm³/mol. The van der Waals surface area contributed by atoms with E-state index in [1.165, 1.54) is 4.90 Å². The Labute approximate surface area is 174 Å². The van der Waals surface area contributed by atoms with Gasteiger partial charge in [-0.1, -0.05) is 30.4 Å². The van der Waals surface area contributed by atoms with E-state index < -0.39 is 5.92 Å². The zero-order chi connectivity index (χ0) is 20.4. The highest BCUT2D eigenvalue weighted by atomic mass is 32.1. The van der Waals surface area contributed by atoms with Crippen LogP contribution in [0.25, 0.3) is 0 Å². The number of para-hydroxylation sites is 2. The highest BCUT2D eigenvalue weighted by Gasteiger charge is 2.35.